The number of rotatable bonds is 1. The zero-order valence-electron chi connectivity index (χ0n) is 7.73. The van der Waals surface area contributed by atoms with Crippen LogP contribution in [0.4, 0.5) is 0 Å². The molecule has 0 amide bonds. The van der Waals surface area contributed by atoms with Gasteiger partial charge >= 0.3 is 5.97 Å². The molecule has 1 heterocycles. The second-order valence-electron chi connectivity index (χ2n) is 3.85. The Morgan fingerprint density at radius 1 is 1.57 bits per heavy atom. The number of cyclic esters (lactones) is 1. The van der Waals surface area contributed by atoms with Crippen molar-refractivity contribution in [1.29, 1.82) is 0 Å². The Labute approximate surface area is 81.6 Å². The minimum Gasteiger partial charge on any atom is -0.465 e. The molecule has 0 unspecified atom stereocenters. The van der Waals surface area contributed by atoms with Gasteiger partial charge in [0, 0.05) is 6.42 Å². The van der Waals surface area contributed by atoms with E-state index >= 15 is 0 Å². The van der Waals surface area contributed by atoms with Crippen LogP contribution < -0.4 is 0 Å². The first-order valence-electron chi connectivity index (χ1n) is 4.70. The zero-order chi connectivity index (χ0) is 10.2. The van der Waals surface area contributed by atoms with E-state index < -0.39 is 11.5 Å². The number of carbonyl (C=O) groups is 2. The molecule has 1 N–H and O–H groups in total. The summed E-state index contributed by atoms with van der Waals surface area (Å²) in [6.45, 7) is 0.375. The number of hydrogen-bond acceptors (Lipinski definition) is 4. The number of hydrogen-bond donors (Lipinski definition) is 1. The van der Waals surface area contributed by atoms with Crippen molar-refractivity contribution in [2.75, 3.05) is 6.61 Å². The van der Waals surface area contributed by atoms with Gasteiger partial charge in [-0.2, -0.15) is 0 Å². The summed E-state index contributed by atoms with van der Waals surface area (Å²) in [5.41, 5.74) is -0.199. The van der Waals surface area contributed by atoms with E-state index in [0.717, 1.165) is 6.29 Å². The first kappa shape index (κ1) is 9.40. The van der Waals surface area contributed by atoms with E-state index in [2.05, 4.69) is 0 Å². The van der Waals surface area contributed by atoms with Gasteiger partial charge in [-0.3, -0.25) is 9.59 Å². The van der Waals surface area contributed by atoms with E-state index in [4.69, 9.17) is 4.74 Å². The summed E-state index contributed by atoms with van der Waals surface area (Å²) < 4.78 is 4.87. The number of carbonyl (C=O) groups excluding carboxylic acids is 2. The molecule has 2 aliphatic rings. The summed E-state index contributed by atoms with van der Waals surface area (Å²) in [6.07, 6.45) is 2.95. The second kappa shape index (κ2) is 3.20. The average Bonchev–Trinajstić information content (AvgIpc) is 2.54. The normalized spacial score (nSPS) is 36.8. The molecule has 0 radical (unpaired) electrons. The third-order valence-electron chi connectivity index (χ3n) is 3.14. The number of ether oxygens (including phenoxy) is 1. The van der Waals surface area contributed by atoms with Crippen LogP contribution in [-0.2, 0) is 14.3 Å². The van der Waals surface area contributed by atoms with Gasteiger partial charge in [0.25, 0.3) is 0 Å². The molecule has 4 nitrogen and oxygen atoms in total. The minimum atomic E-state index is -0.869. The maximum atomic E-state index is 11.5. The van der Waals surface area contributed by atoms with Crippen molar-refractivity contribution in [3.63, 3.8) is 0 Å². The van der Waals surface area contributed by atoms with Crippen molar-refractivity contribution in [2.24, 2.45) is 5.41 Å². The SMILES string of the molecule is O=CC1=C[C@H](O)[C@@]2(CCOC2=O)CC1. The molecule has 1 aliphatic heterocycles. The molecule has 76 valence electrons. The average molecular weight is 196 g/mol. The van der Waals surface area contributed by atoms with E-state index in [1.54, 1.807) is 0 Å². The van der Waals surface area contributed by atoms with Crippen LogP contribution in [0, 0.1) is 5.41 Å². The first-order chi connectivity index (χ1) is 6.69. The topological polar surface area (TPSA) is 63.6 Å². The number of esters is 1. The highest BCUT2D eigenvalue weighted by Gasteiger charge is 2.50. The van der Waals surface area contributed by atoms with Crippen LogP contribution in [0.15, 0.2) is 11.6 Å². The van der Waals surface area contributed by atoms with Gasteiger partial charge in [0.15, 0.2) is 0 Å². The van der Waals surface area contributed by atoms with Crippen LogP contribution >= 0.6 is 0 Å². The lowest BCUT2D eigenvalue weighted by molar-refractivity contribution is -0.151. The van der Waals surface area contributed by atoms with Gasteiger partial charge in [-0.15, -0.1) is 0 Å². The molecule has 0 aromatic carbocycles. The first-order valence-corrected chi connectivity index (χ1v) is 4.70. The molecule has 0 bridgehead atoms. The van der Waals surface area contributed by atoms with Gasteiger partial charge in [-0.1, -0.05) is 0 Å². The van der Waals surface area contributed by atoms with Gasteiger partial charge < -0.3 is 9.84 Å². The van der Waals surface area contributed by atoms with Crippen molar-refractivity contribution in [1.82, 2.24) is 0 Å². The predicted octanol–water partition coefficient (Wildman–Crippen LogP) is 0.200. The summed E-state index contributed by atoms with van der Waals surface area (Å²) in [6, 6.07) is 0. The van der Waals surface area contributed by atoms with E-state index in [-0.39, 0.29) is 5.97 Å². The number of aliphatic hydroxyl groups is 1. The highest BCUT2D eigenvalue weighted by atomic mass is 16.5. The Morgan fingerprint density at radius 3 is 2.86 bits per heavy atom. The Morgan fingerprint density at radius 2 is 2.36 bits per heavy atom. The fourth-order valence-corrected chi connectivity index (χ4v) is 2.13. The summed E-state index contributed by atoms with van der Waals surface area (Å²) >= 11 is 0. The van der Waals surface area contributed by atoms with Crippen LogP contribution in [0.2, 0.25) is 0 Å². The Kier molecular flexibility index (Phi) is 2.15. The maximum Gasteiger partial charge on any atom is 0.315 e. The lowest BCUT2D eigenvalue weighted by Gasteiger charge is -2.32. The lowest BCUT2D eigenvalue weighted by Crippen LogP contribution is -2.40. The molecule has 0 aromatic rings. The number of aliphatic hydroxyl groups excluding tert-OH is 1. The van der Waals surface area contributed by atoms with E-state index in [1.165, 1.54) is 6.08 Å². The van der Waals surface area contributed by atoms with Crippen molar-refractivity contribution < 1.29 is 19.4 Å². The Balaban J connectivity index is 2.28. The summed E-state index contributed by atoms with van der Waals surface area (Å²) in [4.78, 5) is 22.0. The Bertz CT molecular complexity index is 307. The molecule has 2 atom stereocenters. The van der Waals surface area contributed by atoms with E-state index in [1.807, 2.05) is 0 Å². The van der Waals surface area contributed by atoms with Crippen molar-refractivity contribution in [3.05, 3.63) is 11.6 Å². The quantitative estimate of drug-likeness (QED) is 0.480. The van der Waals surface area contributed by atoms with Gasteiger partial charge in [0.1, 0.15) is 11.7 Å². The van der Waals surface area contributed by atoms with Crippen molar-refractivity contribution in [3.8, 4) is 0 Å². The fourth-order valence-electron chi connectivity index (χ4n) is 2.13. The van der Waals surface area contributed by atoms with Gasteiger partial charge in [0.2, 0.25) is 0 Å². The summed E-state index contributed by atoms with van der Waals surface area (Å²) in [5, 5.41) is 9.80. The molecule has 1 saturated heterocycles. The van der Waals surface area contributed by atoms with Crippen LogP contribution in [0.3, 0.4) is 0 Å². The predicted molar refractivity (Wildman–Crippen MR) is 47.4 cm³/mol. The summed E-state index contributed by atoms with van der Waals surface area (Å²) in [7, 11) is 0. The number of aldehydes is 1. The third kappa shape index (κ3) is 1.18. The largest absolute Gasteiger partial charge is 0.465 e. The maximum absolute atomic E-state index is 11.5. The zero-order valence-corrected chi connectivity index (χ0v) is 7.73. The van der Waals surface area contributed by atoms with E-state index in [9.17, 15) is 14.7 Å². The minimum absolute atomic E-state index is 0.328. The lowest BCUT2D eigenvalue weighted by atomic mass is 9.72. The number of allylic oxidation sites excluding steroid dienone is 1. The van der Waals surface area contributed by atoms with Crippen LogP contribution in [0.1, 0.15) is 19.3 Å². The summed E-state index contributed by atoms with van der Waals surface area (Å²) in [5.74, 6) is -0.328. The third-order valence-corrected chi connectivity index (χ3v) is 3.14. The van der Waals surface area contributed by atoms with Gasteiger partial charge in [-0.05, 0) is 24.5 Å². The molecule has 14 heavy (non-hydrogen) atoms. The monoisotopic (exact) mass is 196 g/mol. The molecule has 4 heteroatoms. The molecule has 1 aliphatic carbocycles. The van der Waals surface area contributed by atoms with Crippen molar-refractivity contribution >= 4 is 12.3 Å². The smallest absolute Gasteiger partial charge is 0.315 e. The highest BCUT2D eigenvalue weighted by molar-refractivity contribution is 5.82. The van der Waals surface area contributed by atoms with Crippen LogP contribution in [-0.4, -0.2) is 30.1 Å². The highest BCUT2D eigenvalue weighted by Crippen LogP contribution is 2.42. The molecule has 2 rings (SSSR count). The molecule has 1 spiro atoms. The Hall–Kier alpha value is -1.16. The standard InChI is InChI=1S/C10H12O4/c11-6-7-1-2-10(8(12)5-7)3-4-14-9(10)13/h5-6,8,12H,1-4H2/t8-,10-/m0/s1. The molecule has 1 fully saturated rings. The van der Waals surface area contributed by atoms with Crippen LogP contribution in [0.25, 0.3) is 0 Å². The van der Waals surface area contributed by atoms with Gasteiger partial charge in [-0.25, -0.2) is 0 Å². The van der Waals surface area contributed by atoms with E-state index in [0.29, 0.717) is 31.4 Å². The second-order valence-corrected chi connectivity index (χ2v) is 3.85. The van der Waals surface area contributed by atoms with Crippen molar-refractivity contribution in [2.45, 2.75) is 25.4 Å². The molecule has 0 saturated carbocycles. The molecular formula is C10H12O4. The molecular weight excluding hydrogens is 184 g/mol. The van der Waals surface area contributed by atoms with Crippen LogP contribution in [0.5, 0.6) is 0 Å². The fraction of sp³-hybridized carbons (Fsp3) is 0.600. The van der Waals surface area contributed by atoms with Gasteiger partial charge in [0.05, 0.1) is 12.7 Å². The molecule has 0 aromatic heterocycles.